The van der Waals surface area contributed by atoms with E-state index in [0.717, 1.165) is 30.9 Å². The summed E-state index contributed by atoms with van der Waals surface area (Å²) in [6.45, 7) is 6.36. The summed E-state index contributed by atoms with van der Waals surface area (Å²) in [5.41, 5.74) is 2.28. The molecule has 1 aromatic heterocycles. The van der Waals surface area contributed by atoms with Crippen molar-refractivity contribution in [1.82, 2.24) is 5.32 Å². The average Bonchev–Trinajstić information content (AvgIpc) is 2.66. The molecule has 0 amide bonds. The third kappa shape index (κ3) is 2.64. The molecule has 0 bridgehead atoms. The van der Waals surface area contributed by atoms with E-state index in [-0.39, 0.29) is 0 Å². The molecule has 2 nitrogen and oxygen atoms in total. The van der Waals surface area contributed by atoms with Crippen molar-refractivity contribution in [2.45, 2.75) is 26.7 Å². The van der Waals surface area contributed by atoms with Gasteiger partial charge in [0.1, 0.15) is 11.3 Å². The molecular weight excluding hydrogens is 198 g/mol. The van der Waals surface area contributed by atoms with E-state index in [0.29, 0.717) is 0 Å². The van der Waals surface area contributed by atoms with E-state index in [9.17, 15) is 0 Å². The largest absolute Gasteiger partial charge is 0.461 e. The van der Waals surface area contributed by atoms with Crippen LogP contribution in [0.25, 0.3) is 11.0 Å². The number of rotatable bonds is 5. The predicted octanol–water partition coefficient (Wildman–Crippen LogP) is 3.28. The van der Waals surface area contributed by atoms with Crippen LogP contribution in [0, 0.1) is 6.92 Å². The van der Waals surface area contributed by atoms with E-state index < -0.39 is 0 Å². The van der Waals surface area contributed by atoms with E-state index in [1.165, 1.54) is 17.4 Å². The van der Waals surface area contributed by atoms with Gasteiger partial charge in [-0.1, -0.05) is 18.6 Å². The van der Waals surface area contributed by atoms with Crippen LogP contribution in [0.2, 0.25) is 0 Å². The summed E-state index contributed by atoms with van der Waals surface area (Å²) in [7, 11) is 0. The molecule has 2 rings (SSSR count). The van der Waals surface area contributed by atoms with Crippen LogP contribution < -0.4 is 5.32 Å². The van der Waals surface area contributed by atoms with E-state index >= 15 is 0 Å². The summed E-state index contributed by atoms with van der Waals surface area (Å²) >= 11 is 0. The Hall–Kier alpha value is -1.28. The van der Waals surface area contributed by atoms with Crippen molar-refractivity contribution >= 4 is 11.0 Å². The Morgan fingerprint density at radius 3 is 2.88 bits per heavy atom. The molecule has 1 N–H and O–H groups in total. The monoisotopic (exact) mass is 217 g/mol. The van der Waals surface area contributed by atoms with Gasteiger partial charge in [-0.3, -0.25) is 0 Å². The van der Waals surface area contributed by atoms with Gasteiger partial charge in [-0.15, -0.1) is 0 Å². The minimum atomic E-state index is 0.966. The van der Waals surface area contributed by atoms with Crippen LogP contribution in [0.5, 0.6) is 0 Å². The van der Waals surface area contributed by atoms with Crippen molar-refractivity contribution < 1.29 is 4.42 Å². The smallest absolute Gasteiger partial charge is 0.134 e. The first-order valence-electron chi connectivity index (χ1n) is 5.99. The summed E-state index contributed by atoms with van der Waals surface area (Å²) in [6, 6.07) is 8.45. The normalized spacial score (nSPS) is 11.1. The number of furan rings is 1. The molecule has 0 aliphatic rings. The van der Waals surface area contributed by atoms with Gasteiger partial charge in [0.15, 0.2) is 0 Å². The summed E-state index contributed by atoms with van der Waals surface area (Å²) in [6.07, 6.45) is 2.15. The summed E-state index contributed by atoms with van der Waals surface area (Å²) in [5.74, 6) is 1.07. The molecule has 1 aromatic carbocycles. The second kappa shape index (κ2) is 5.17. The molecule has 0 saturated carbocycles. The van der Waals surface area contributed by atoms with Crippen LogP contribution in [0.4, 0.5) is 0 Å². The van der Waals surface area contributed by atoms with E-state index in [1.807, 2.05) is 6.07 Å². The number of hydrogen-bond acceptors (Lipinski definition) is 2. The second-order valence-corrected chi connectivity index (χ2v) is 4.25. The molecule has 86 valence electrons. The van der Waals surface area contributed by atoms with Crippen LogP contribution in [0.15, 0.2) is 28.7 Å². The Labute approximate surface area is 96.6 Å². The van der Waals surface area contributed by atoms with Gasteiger partial charge < -0.3 is 9.73 Å². The highest BCUT2D eigenvalue weighted by Crippen LogP contribution is 2.20. The molecule has 0 saturated heterocycles. The molecule has 0 aliphatic carbocycles. The van der Waals surface area contributed by atoms with Gasteiger partial charge in [-0.25, -0.2) is 0 Å². The fourth-order valence-corrected chi connectivity index (χ4v) is 1.85. The highest BCUT2D eigenvalue weighted by Gasteiger charge is 2.03. The Morgan fingerprint density at radius 1 is 1.19 bits per heavy atom. The molecule has 0 spiro atoms. The zero-order valence-electron chi connectivity index (χ0n) is 10.0. The van der Waals surface area contributed by atoms with E-state index in [1.54, 1.807) is 0 Å². The van der Waals surface area contributed by atoms with Gasteiger partial charge in [0.2, 0.25) is 0 Å². The van der Waals surface area contributed by atoms with E-state index in [4.69, 9.17) is 4.42 Å². The zero-order valence-corrected chi connectivity index (χ0v) is 10.0. The van der Waals surface area contributed by atoms with Crippen molar-refractivity contribution in [2.75, 3.05) is 13.1 Å². The van der Waals surface area contributed by atoms with Crippen molar-refractivity contribution in [3.05, 3.63) is 35.6 Å². The number of hydrogen-bond donors (Lipinski definition) is 1. The summed E-state index contributed by atoms with van der Waals surface area (Å²) < 4.78 is 5.76. The first-order valence-corrected chi connectivity index (χ1v) is 5.99. The maximum Gasteiger partial charge on any atom is 0.134 e. The topological polar surface area (TPSA) is 25.2 Å². The van der Waals surface area contributed by atoms with Gasteiger partial charge >= 0.3 is 0 Å². The Morgan fingerprint density at radius 2 is 2.06 bits per heavy atom. The molecule has 0 unspecified atom stereocenters. The van der Waals surface area contributed by atoms with E-state index in [2.05, 4.69) is 37.4 Å². The molecule has 16 heavy (non-hydrogen) atoms. The maximum atomic E-state index is 5.76. The van der Waals surface area contributed by atoms with Crippen molar-refractivity contribution in [1.29, 1.82) is 0 Å². The number of aryl methyl sites for hydroxylation is 1. The average molecular weight is 217 g/mol. The molecule has 0 radical (unpaired) electrons. The first-order chi connectivity index (χ1) is 7.79. The lowest BCUT2D eigenvalue weighted by Gasteiger charge is -1.99. The fourth-order valence-electron chi connectivity index (χ4n) is 1.85. The minimum absolute atomic E-state index is 0.966. The SMILES string of the molecule is CCCNCCc1cc2cc(C)ccc2o1. The van der Waals surface area contributed by atoms with Crippen LogP contribution in [0.3, 0.4) is 0 Å². The Bertz CT molecular complexity index is 459. The third-order valence-corrected chi connectivity index (χ3v) is 2.70. The lowest BCUT2D eigenvalue weighted by molar-refractivity contribution is 0.532. The fraction of sp³-hybridized carbons (Fsp3) is 0.429. The number of nitrogens with one attached hydrogen (secondary N) is 1. The van der Waals surface area contributed by atoms with Gasteiger partial charge in [-0.2, -0.15) is 0 Å². The van der Waals surface area contributed by atoms with Crippen LogP contribution >= 0.6 is 0 Å². The molecule has 1 heterocycles. The first kappa shape index (κ1) is 11.2. The molecule has 0 atom stereocenters. The standard InChI is InChI=1S/C14H19NO/c1-3-7-15-8-6-13-10-12-9-11(2)4-5-14(12)16-13/h4-5,9-10,15H,3,6-8H2,1-2H3. The molecule has 2 heteroatoms. The van der Waals surface area contributed by atoms with Crippen molar-refractivity contribution in [2.24, 2.45) is 0 Å². The van der Waals surface area contributed by atoms with Gasteiger partial charge in [-0.05, 0) is 38.1 Å². The van der Waals surface area contributed by atoms with Crippen molar-refractivity contribution in [3.63, 3.8) is 0 Å². The van der Waals surface area contributed by atoms with Crippen LogP contribution in [-0.4, -0.2) is 13.1 Å². The quantitative estimate of drug-likeness (QED) is 0.777. The highest BCUT2D eigenvalue weighted by molar-refractivity contribution is 5.78. The predicted molar refractivity (Wildman–Crippen MR) is 67.8 cm³/mol. The van der Waals surface area contributed by atoms with Gasteiger partial charge in [0.05, 0.1) is 0 Å². The zero-order chi connectivity index (χ0) is 11.4. The van der Waals surface area contributed by atoms with Crippen LogP contribution in [-0.2, 0) is 6.42 Å². The minimum Gasteiger partial charge on any atom is -0.461 e. The molecule has 2 aromatic rings. The lowest BCUT2D eigenvalue weighted by atomic mass is 10.2. The maximum absolute atomic E-state index is 5.76. The summed E-state index contributed by atoms with van der Waals surface area (Å²) in [5, 5.41) is 4.59. The molecule has 0 fully saturated rings. The highest BCUT2D eigenvalue weighted by atomic mass is 16.3. The van der Waals surface area contributed by atoms with Gasteiger partial charge in [0.25, 0.3) is 0 Å². The third-order valence-electron chi connectivity index (χ3n) is 2.70. The second-order valence-electron chi connectivity index (χ2n) is 4.25. The Kier molecular flexibility index (Phi) is 3.62. The molecular formula is C14H19NO. The van der Waals surface area contributed by atoms with Crippen molar-refractivity contribution in [3.8, 4) is 0 Å². The lowest BCUT2D eigenvalue weighted by Crippen LogP contribution is -2.17. The van der Waals surface area contributed by atoms with Gasteiger partial charge in [0, 0.05) is 18.4 Å². The van der Waals surface area contributed by atoms with Crippen LogP contribution in [0.1, 0.15) is 24.7 Å². The Balaban J connectivity index is 2.02. The number of fused-ring (bicyclic) bond motifs is 1. The summed E-state index contributed by atoms with van der Waals surface area (Å²) in [4.78, 5) is 0. The number of benzene rings is 1. The molecule has 0 aliphatic heterocycles.